The maximum Gasteiger partial charge on any atom is 0.219 e. The van der Waals surface area contributed by atoms with Crippen molar-refractivity contribution in [2.75, 3.05) is 7.05 Å². The molecule has 1 aromatic carbocycles. The third-order valence-corrected chi connectivity index (χ3v) is 3.07. The van der Waals surface area contributed by atoms with Gasteiger partial charge in [0.2, 0.25) is 5.88 Å². The lowest BCUT2D eigenvalue weighted by molar-refractivity contribution is 0.460. The van der Waals surface area contributed by atoms with Crippen LogP contribution in [0.1, 0.15) is 22.4 Å². The summed E-state index contributed by atoms with van der Waals surface area (Å²) >= 11 is 0. The molecule has 1 N–H and O–H groups in total. The number of aryl methyl sites for hydroxylation is 3. The molecule has 0 saturated heterocycles. The molecule has 2 aromatic rings. The van der Waals surface area contributed by atoms with Crippen LogP contribution in [-0.4, -0.2) is 12.0 Å². The molecule has 0 aliphatic heterocycles. The van der Waals surface area contributed by atoms with Crippen LogP contribution in [0.4, 0.5) is 0 Å². The summed E-state index contributed by atoms with van der Waals surface area (Å²) in [5.74, 6) is 1.48. The standard InChI is InChI=1S/C16H20N2O/c1-11-5-6-15(7-12(11)2)19-16-9-14(10-17-4)8-13(3)18-16/h5-9,17H,10H2,1-4H3. The molecule has 0 spiro atoms. The van der Waals surface area contributed by atoms with Gasteiger partial charge in [0.1, 0.15) is 5.75 Å². The molecule has 19 heavy (non-hydrogen) atoms. The van der Waals surface area contributed by atoms with Crippen molar-refractivity contribution in [2.45, 2.75) is 27.3 Å². The first-order chi connectivity index (χ1) is 9.08. The molecule has 0 amide bonds. The van der Waals surface area contributed by atoms with E-state index in [1.165, 1.54) is 16.7 Å². The van der Waals surface area contributed by atoms with Crippen molar-refractivity contribution in [3.05, 3.63) is 52.7 Å². The lowest BCUT2D eigenvalue weighted by atomic mass is 10.1. The molecular weight excluding hydrogens is 236 g/mol. The number of rotatable bonds is 4. The molecule has 0 fully saturated rings. The van der Waals surface area contributed by atoms with E-state index >= 15 is 0 Å². The Balaban J connectivity index is 2.24. The van der Waals surface area contributed by atoms with Gasteiger partial charge in [0.15, 0.2) is 0 Å². The maximum absolute atomic E-state index is 5.84. The summed E-state index contributed by atoms with van der Waals surface area (Å²) in [6.07, 6.45) is 0. The van der Waals surface area contributed by atoms with Crippen LogP contribution in [0.3, 0.4) is 0 Å². The summed E-state index contributed by atoms with van der Waals surface area (Å²) in [4.78, 5) is 4.41. The number of nitrogens with zero attached hydrogens (tertiary/aromatic N) is 1. The third kappa shape index (κ3) is 3.55. The molecule has 0 atom stereocenters. The van der Waals surface area contributed by atoms with Gasteiger partial charge in [-0.3, -0.25) is 0 Å². The van der Waals surface area contributed by atoms with Crippen LogP contribution in [0.5, 0.6) is 11.6 Å². The van der Waals surface area contributed by atoms with Crippen molar-refractivity contribution in [3.63, 3.8) is 0 Å². The Morgan fingerprint density at radius 2 is 1.84 bits per heavy atom. The van der Waals surface area contributed by atoms with E-state index in [4.69, 9.17) is 4.74 Å². The molecule has 0 bridgehead atoms. The van der Waals surface area contributed by atoms with E-state index < -0.39 is 0 Å². The van der Waals surface area contributed by atoms with Gasteiger partial charge >= 0.3 is 0 Å². The highest BCUT2D eigenvalue weighted by Gasteiger charge is 2.04. The third-order valence-electron chi connectivity index (χ3n) is 3.07. The lowest BCUT2D eigenvalue weighted by Crippen LogP contribution is -2.06. The molecule has 3 heteroatoms. The minimum absolute atomic E-state index is 0.647. The molecule has 0 unspecified atom stereocenters. The van der Waals surface area contributed by atoms with Gasteiger partial charge in [0, 0.05) is 18.3 Å². The fraction of sp³-hybridized carbons (Fsp3) is 0.312. The highest BCUT2D eigenvalue weighted by molar-refractivity contribution is 5.36. The van der Waals surface area contributed by atoms with Gasteiger partial charge in [0.25, 0.3) is 0 Å². The number of nitrogens with one attached hydrogen (secondary N) is 1. The molecule has 0 aliphatic rings. The Bertz CT molecular complexity index is 579. The Kier molecular flexibility index (Phi) is 4.17. The maximum atomic E-state index is 5.84. The van der Waals surface area contributed by atoms with Gasteiger partial charge in [-0.25, -0.2) is 4.98 Å². The summed E-state index contributed by atoms with van der Waals surface area (Å²) in [6, 6.07) is 10.1. The van der Waals surface area contributed by atoms with Gasteiger partial charge < -0.3 is 10.1 Å². The highest BCUT2D eigenvalue weighted by Crippen LogP contribution is 2.23. The van der Waals surface area contributed by atoms with Crippen molar-refractivity contribution < 1.29 is 4.74 Å². The fourth-order valence-electron chi connectivity index (χ4n) is 1.96. The van der Waals surface area contributed by atoms with Crippen LogP contribution in [0.2, 0.25) is 0 Å². The lowest BCUT2D eigenvalue weighted by Gasteiger charge is -2.09. The molecule has 100 valence electrons. The van der Waals surface area contributed by atoms with E-state index in [9.17, 15) is 0 Å². The number of hydrogen-bond acceptors (Lipinski definition) is 3. The summed E-state index contributed by atoms with van der Waals surface area (Å²) in [7, 11) is 1.93. The molecule has 1 aromatic heterocycles. The van der Waals surface area contributed by atoms with Crippen molar-refractivity contribution in [2.24, 2.45) is 0 Å². The van der Waals surface area contributed by atoms with E-state index in [0.29, 0.717) is 5.88 Å². The predicted octanol–water partition coefficient (Wildman–Crippen LogP) is 3.52. The topological polar surface area (TPSA) is 34.2 Å². The van der Waals surface area contributed by atoms with Crippen LogP contribution in [0.15, 0.2) is 30.3 Å². The van der Waals surface area contributed by atoms with Gasteiger partial charge in [-0.15, -0.1) is 0 Å². The van der Waals surface area contributed by atoms with E-state index in [2.05, 4.69) is 36.3 Å². The van der Waals surface area contributed by atoms with Crippen molar-refractivity contribution >= 4 is 0 Å². The molecule has 3 nitrogen and oxygen atoms in total. The molecular formula is C16H20N2O. The Hall–Kier alpha value is -1.87. The van der Waals surface area contributed by atoms with Crippen molar-refractivity contribution in [1.82, 2.24) is 10.3 Å². The fourth-order valence-corrected chi connectivity index (χ4v) is 1.96. The van der Waals surface area contributed by atoms with E-state index in [1.807, 2.05) is 32.2 Å². The molecule has 1 heterocycles. The van der Waals surface area contributed by atoms with Crippen LogP contribution in [-0.2, 0) is 6.54 Å². The first-order valence-corrected chi connectivity index (χ1v) is 6.46. The molecule has 0 saturated carbocycles. The van der Waals surface area contributed by atoms with Gasteiger partial charge in [-0.1, -0.05) is 6.07 Å². The Morgan fingerprint density at radius 3 is 2.53 bits per heavy atom. The first kappa shape index (κ1) is 13.6. The van der Waals surface area contributed by atoms with Crippen molar-refractivity contribution in [3.8, 4) is 11.6 Å². The summed E-state index contributed by atoms with van der Waals surface area (Å²) < 4.78 is 5.84. The predicted molar refractivity (Wildman–Crippen MR) is 77.7 cm³/mol. The van der Waals surface area contributed by atoms with Gasteiger partial charge in [-0.2, -0.15) is 0 Å². The second kappa shape index (κ2) is 5.85. The molecule has 2 rings (SSSR count). The van der Waals surface area contributed by atoms with Crippen LogP contribution in [0.25, 0.3) is 0 Å². The largest absolute Gasteiger partial charge is 0.439 e. The summed E-state index contributed by atoms with van der Waals surface area (Å²) in [5, 5.41) is 3.14. The second-order valence-corrected chi connectivity index (χ2v) is 4.83. The number of ether oxygens (including phenoxy) is 1. The summed E-state index contributed by atoms with van der Waals surface area (Å²) in [5.41, 5.74) is 4.63. The van der Waals surface area contributed by atoms with E-state index in [0.717, 1.165) is 18.0 Å². The molecule has 0 radical (unpaired) electrons. The zero-order valence-electron chi connectivity index (χ0n) is 11.9. The Labute approximate surface area is 114 Å². The number of pyridine rings is 1. The quantitative estimate of drug-likeness (QED) is 0.908. The minimum atomic E-state index is 0.647. The van der Waals surface area contributed by atoms with Crippen molar-refractivity contribution in [1.29, 1.82) is 0 Å². The first-order valence-electron chi connectivity index (χ1n) is 6.46. The second-order valence-electron chi connectivity index (χ2n) is 4.83. The normalized spacial score (nSPS) is 10.5. The zero-order chi connectivity index (χ0) is 13.8. The SMILES string of the molecule is CNCc1cc(C)nc(Oc2ccc(C)c(C)c2)c1. The number of hydrogen-bond donors (Lipinski definition) is 1. The molecule has 0 aliphatic carbocycles. The van der Waals surface area contributed by atoms with Crippen LogP contribution in [0, 0.1) is 20.8 Å². The smallest absolute Gasteiger partial charge is 0.219 e. The number of aromatic nitrogens is 1. The van der Waals surface area contributed by atoms with Gasteiger partial charge in [0.05, 0.1) is 0 Å². The van der Waals surface area contributed by atoms with Gasteiger partial charge in [-0.05, 0) is 62.7 Å². The Morgan fingerprint density at radius 1 is 1.05 bits per heavy atom. The number of benzene rings is 1. The highest BCUT2D eigenvalue weighted by atomic mass is 16.5. The zero-order valence-corrected chi connectivity index (χ0v) is 11.9. The van der Waals surface area contributed by atoms with Crippen LogP contribution >= 0.6 is 0 Å². The van der Waals surface area contributed by atoms with E-state index in [1.54, 1.807) is 0 Å². The monoisotopic (exact) mass is 256 g/mol. The average Bonchev–Trinajstić information content (AvgIpc) is 2.33. The minimum Gasteiger partial charge on any atom is -0.439 e. The average molecular weight is 256 g/mol. The van der Waals surface area contributed by atoms with E-state index in [-0.39, 0.29) is 0 Å². The summed E-state index contributed by atoms with van der Waals surface area (Å²) in [6.45, 7) is 6.96. The van der Waals surface area contributed by atoms with Crippen LogP contribution < -0.4 is 10.1 Å².